The number of phenolic OH excluding ortho intramolecular Hbond substituents is 1. The SMILES string of the molecule is O=C1N[C@H](c2cc([N+](=O)[O-])ccc2O)CCO1. The van der Waals surface area contributed by atoms with Gasteiger partial charge in [-0.15, -0.1) is 0 Å². The van der Waals surface area contributed by atoms with Gasteiger partial charge in [-0.25, -0.2) is 4.79 Å². The Kier molecular flexibility index (Phi) is 2.82. The number of hydrogen-bond acceptors (Lipinski definition) is 5. The van der Waals surface area contributed by atoms with Gasteiger partial charge in [0.2, 0.25) is 0 Å². The summed E-state index contributed by atoms with van der Waals surface area (Å²) < 4.78 is 4.68. The van der Waals surface area contributed by atoms with Crippen molar-refractivity contribution >= 4 is 11.8 Å². The lowest BCUT2D eigenvalue weighted by atomic mass is 10.0. The number of ether oxygens (including phenoxy) is 1. The number of nitrogens with zero attached hydrogens (tertiary/aromatic N) is 1. The Morgan fingerprint density at radius 3 is 2.94 bits per heavy atom. The number of amides is 1. The summed E-state index contributed by atoms with van der Waals surface area (Å²) in [5.74, 6) is -0.0807. The Morgan fingerprint density at radius 1 is 1.53 bits per heavy atom. The Bertz CT molecular complexity index is 474. The molecule has 2 N–H and O–H groups in total. The number of cyclic esters (lactones) is 1. The number of nitrogens with one attached hydrogen (secondary N) is 1. The highest BCUT2D eigenvalue weighted by atomic mass is 16.6. The predicted molar refractivity (Wildman–Crippen MR) is 56.6 cm³/mol. The molecule has 0 aliphatic carbocycles. The average molecular weight is 238 g/mol. The van der Waals surface area contributed by atoms with Gasteiger partial charge in [0, 0.05) is 24.1 Å². The molecule has 0 saturated carbocycles. The summed E-state index contributed by atoms with van der Waals surface area (Å²) in [5.41, 5.74) is 0.203. The fourth-order valence-corrected chi connectivity index (χ4v) is 1.69. The van der Waals surface area contributed by atoms with E-state index in [2.05, 4.69) is 10.1 Å². The van der Waals surface area contributed by atoms with E-state index in [1.54, 1.807) is 0 Å². The second kappa shape index (κ2) is 4.28. The first-order valence-electron chi connectivity index (χ1n) is 4.98. The molecular weight excluding hydrogens is 228 g/mol. The minimum absolute atomic E-state index is 0.0807. The Hall–Kier alpha value is -2.31. The number of carbonyl (C=O) groups is 1. The van der Waals surface area contributed by atoms with Crippen molar-refractivity contribution in [3.8, 4) is 5.75 Å². The number of alkyl carbamates (subject to hydrolysis) is 1. The molecule has 1 heterocycles. The molecule has 1 saturated heterocycles. The van der Waals surface area contributed by atoms with Crippen LogP contribution in [-0.2, 0) is 4.74 Å². The van der Waals surface area contributed by atoms with Crippen molar-refractivity contribution in [3.63, 3.8) is 0 Å². The maximum Gasteiger partial charge on any atom is 0.407 e. The van der Waals surface area contributed by atoms with E-state index in [0.29, 0.717) is 12.0 Å². The summed E-state index contributed by atoms with van der Waals surface area (Å²) >= 11 is 0. The standard InChI is InChI=1S/C10H10N2O5/c13-9-2-1-6(12(15)16)5-7(9)8-3-4-17-10(14)11-8/h1-2,5,8,13H,3-4H2,(H,11,14)/t8-/m0/s1. The van der Waals surface area contributed by atoms with Crippen molar-refractivity contribution in [3.05, 3.63) is 33.9 Å². The van der Waals surface area contributed by atoms with Crippen LogP contribution in [0.4, 0.5) is 10.5 Å². The van der Waals surface area contributed by atoms with Gasteiger partial charge in [-0.3, -0.25) is 10.1 Å². The molecule has 0 aromatic heterocycles. The second-order valence-corrected chi connectivity index (χ2v) is 3.62. The third-order valence-electron chi connectivity index (χ3n) is 2.53. The molecule has 1 aliphatic rings. The van der Waals surface area contributed by atoms with Gasteiger partial charge >= 0.3 is 6.09 Å². The molecule has 1 aromatic rings. The summed E-state index contributed by atoms with van der Waals surface area (Å²) in [7, 11) is 0. The number of aromatic hydroxyl groups is 1. The molecule has 0 spiro atoms. The quantitative estimate of drug-likeness (QED) is 0.600. The van der Waals surface area contributed by atoms with Gasteiger partial charge in [0.15, 0.2) is 0 Å². The second-order valence-electron chi connectivity index (χ2n) is 3.62. The fraction of sp³-hybridized carbons (Fsp3) is 0.300. The molecule has 1 amide bonds. The highest BCUT2D eigenvalue weighted by Gasteiger charge is 2.24. The van der Waals surface area contributed by atoms with Crippen molar-refractivity contribution in [1.29, 1.82) is 0 Å². The van der Waals surface area contributed by atoms with Gasteiger partial charge in [-0.2, -0.15) is 0 Å². The minimum atomic E-state index is -0.591. The number of non-ortho nitro benzene ring substituents is 1. The number of carbonyl (C=O) groups excluding carboxylic acids is 1. The van der Waals surface area contributed by atoms with E-state index in [4.69, 9.17) is 0 Å². The van der Waals surface area contributed by atoms with Crippen molar-refractivity contribution in [2.45, 2.75) is 12.5 Å². The van der Waals surface area contributed by atoms with E-state index >= 15 is 0 Å². The lowest BCUT2D eigenvalue weighted by Crippen LogP contribution is -2.35. The van der Waals surface area contributed by atoms with Gasteiger partial charge < -0.3 is 15.2 Å². The molecule has 2 rings (SSSR count). The number of nitro benzene ring substituents is 1. The first-order chi connectivity index (χ1) is 8.08. The zero-order chi connectivity index (χ0) is 12.4. The summed E-state index contributed by atoms with van der Waals surface area (Å²) in [4.78, 5) is 21.1. The number of hydrogen-bond donors (Lipinski definition) is 2. The van der Waals surface area contributed by atoms with E-state index in [1.807, 2.05) is 0 Å². The van der Waals surface area contributed by atoms with E-state index in [0.717, 1.165) is 0 Å². The molecule has 1 aromatic carbocycles. The molecule has 0 unspecified atom stereocenters. The average Bonchev–Trinajstić information content (AvgIpc) is 2.29. The van der Waals surface area contributed by atoms with Crippen molar-refractivity contribution in [2.75, 3.05) is 6.61 Å². The Balaban J connectivity index is 2.33. The van der Waals surface area contributed by atoms with Gasteiger partial charge in [0.25, 0.3) is 5.69 Å². The number of benzene rings is 1. The molecular formula is C10H10N2O5. The van der Waals surface area contributed by atoms with Crippen LogP contribution in [-0.4, -0.2) is 22.7 Å². The molecule has 90 valence electrons. The smallest absolute Gasteiger partial charge is 0.407 e. The molecule has 1 fully saturated rings. The molecule has 7 heteroatoms. The lowest BCUT2D eigenvalue weighted by Gasteiger charge is -2.24. The van der Waals surface area contributed by atoms with Gasteiger partial charge in [0.05, 0.1) is 17.6 Å². The number of nitro groups is 1. The summed E-state index contributed by atoms with van der Waals surface area (Å²) in [6.45, 7) is 0.221. The number of phenols is 1. The van der Waals surface area contributed by atoms with E-state index in [1.165, 1.54) is 18.2 Å². The van der Waals surface area contributed by atoms with Crippen LogP contribution in [0.2, 0.25) is 0 Å². The molecule has 0 bridgehead atoms. The Morgan fingerprint density at radius 2 is 2.29 bits per heavy atom. The molecule has 1 atom stereocenters. The van der Waals surface area contributed by atoms with Crippen molar-refractivity contribution in [1.82, 2.24) is 5.32 Å². The highest BCUT2D eigenvalue weighted by molar-refractivity contribution is 5.69. The highest BCUT2D eigenvalue weighted by Crippen LogP contribution is 2.31. The maximum absolute atomic E-state index is 11.0. The van der Waals surface area contributed by atoms with E-state index in [9.17, 15) is 20.0 Å². The maximum atomic E-state index is 11.0. The molecule has 17 heavy (non-hydrogen) atoms. The van der Waals surface area contributed by atoms with Crippen molar-refractivity contribution < 1.29 is 19.6 Å². The first-order valence-corrected chi connectivity index (χ1v) is 4.98. The zero-order valence-electron chi connectivity index (χ0n) is 8.75. The van der Waals surface area contributed by atoms with Crippen molar-refractivity contribution in [2.24, 2.45) is 0 Å². The molecule has 0 radical (unpaired) electrons. The van der Waals surface area contributed by atoms with Crippen LogP contribution >= 0.6 is 0 Å². The Labute approximate surface area is 96.2 Å². The summed E-state index contributed by atoms with van der Waals surface area (Å²) in [5, 5.41) is 22.8. The topological polar surface area (TPSA) is 102 Å². The number of rotatable bonds is 2. The van der Waals surface area contributed by atoms with Gasteiger partial charge in [0.1, 0.15) is 5.75 Å². The van der Waals surface area contributed by atoms with Crippen LogP contribution in [0.5, 0.6) is 5.75 Å². The monoisotopic (exact) mass is 238 g/mol. The normalized spacial score (nSPS) is 19.3. The van der Waals surface area contributed by atoms with Crippen LogP contribution < -0.4 is 5.32 Å². The summed E-state index contributed by atoms with van der Waals surface area (Å²) in [6, 6.07) is 3.25. The third kappa shape index (κ3) is 2.27. The van der Waals surface area contributed by atoms with Gasteiger partial charge in [-0.1, -0.05) is 0 Å². The lowest BCUT2D eigenvalue weighted by molar-refractivity contribution is -0.385. The van der Waals surface area contributed by atoms with Crippen LogP contribution in [0.15, 0.2) is 18.2 Å². The van der Waals surface area contributed by atoms with Crippen LogP contribution in [0, 0.1) is 10.1 Å². The molecule has 7 nitrogen and oxygen atoms in total. The fourth-order valence-electron chi connectivity index (χ4n) is 1.69. The predicted octanol–water partition coefficient (Wildman–Crippen LogP) is 1.47. The van der Waals surface area contributed by atoms with Crippen LogP contribution in [0.3, 0.4) is 0 Å². The zero-order valence-corrected chi connectivity index (χ0v) is 8.75. The minimum Gasteiger partial charge on any atom is -0.508 e. The largest absolute Gasteiger partial charge is 0.508 e. The third-order valence-corrected chi connectivity index (χ3v) is 2.53. The van der Waals surface area contributed by atoms with Crippen LogP contribution in [0.25, 0.3) is 0 Å². The first kappa shape index (κ1) is 11.2. The molecule has 1 aliphatic heterocycles. The van der Waals surface area contributed by atoms with E-state index in [-0.39, 0.29) is 18.0 Å². The summed E-state index contributed by atoms with van der Waals surface area (Å²) in [6.07, 6.45) is -0.132. The van der Waals surface area contributed by atoms with Gasteiger partial charge in [-0.05, 0) is 6.07 Å². The van der Waals surface area contributed by atoms with E-state index < -0.39 is 17.1 Å². The van der Waals surface area contributed by atoms with Crippen LogP contribution in [0.1, 0.15) is 18.0 Å².